The Kier molecular flexibility index (Phi) is 8.87. The van der Waals surface area contributed by atoms with Gasteiger partial charge in [0.25, 0.3) is 0 Å². The number of methoxy groups -OCH3 is 1. The third-order valence-electron chi connectivity index (χ3n) is 5.51. The van der Waals surface area contributed by atoms with Crippen LogP contribution in [0.1, 0.15) is 20.3 Å². The molecule has 0 spiro atoms. The lowest BCUT2D eigenvalue weighted by Gasteiger charge is -2.30. The third kappa shape index (κ3) is 6.78. The van der Waals surface area contributed by atoms with Gasteiger partial charge in [-0.2, -0.15) is 0 Å². The standard InChI is InChI=1S/C26H31N2OPS/c1-4-20(2)25(28-26(31)27-21-15-17-22(29-3)18-16-21)19-30(23-11-7-5-8-12-23)24-13-9-6-10-14-24/h5-18,20,25H,4,19H2,1-3H3,(H2,27,28,31)/t20-,25+/m0/s1. The summed E-state index contributed by atoms with van der Waals surface area (Å²) in [6.07, 6.45) is 2.12. The highest BCUT2D eigenvalue weighted by atomic mass is 32.1. The van der Waals surface area contributed by atoms with E-state index in [0.29, 0.717) is 11.0 Å². The Morgan fingerprint density at radius 3 is 1.94 bits per heavy atom. The second kappa shape index (κ2) is 11.8. The maximum atomic E-state index is 5.68. The van der Waals surface area contributed by atoms with E-state index in [1.165, 1.54) is 10.6 Å². The van der Waals surface area contributed by atoms with Crippen LogP contribution in [0.5, 0.6) is 5.75 Å². The van der Waals surface area contributed by atoms with Crippen LogP contribution >= 0.6 is 20.1 Å². The van der Waals surface area contributed by atoms with E-state index in [-0.39, 0.29) is 6.04 Å². The first kappa shape index (κ1) is 23.2. The number of anilines is 1. The number of hydrogen-bond donors (Lipinski definition) is 2. The van der Waals surface area contributed by atoms with Crippen LogP contribution in [-0.4, -0.2) is 24.4 Å². The number of benzene rings is 3. The van der Waals surface area contributed by atoms with Crippen LogP contribution < -0.4 is 26.0 Å². The van der Waals surface area contributed by atoms with E-state index in [9.17, 15) is 0 Å². The zero-order valence-electron chi connectivity index (χ0n) is 18.4. The Labute approximate surface area is 193 Å². The summed E-state index contributed by atoms with van der Waals surface area (Å²) in [6.45, 7) is 4.55. The van der Waals surface area contributed by atoms with Gasteiger partial charge in [0, 0.05) is 11.7 Å². The van der Waals surface area contributed by atoms with E-state index < -0.39 is 7.92 Å². The molecule has 2 N–H and O–H groups in total. The summed E-state index contributed by atoms with van der Waals surface area (Å²) in [5.41, 5.74) is 0.953. The van der Waals surface area contributed by atoms with Crippen LogP contribution in [0.2, 0.25) is 0 Å². The molecule has 2 atom stereocenters. The van der Waals surface area contributed by atoms with E-state index in [2.05, 4.69) is 85.1 Å². The van der Waals surface area contributed by atoms with E-state index >= 15 is 0 Å². The fourth-order valence-corrected chi connectivity index (χ4v) is 6.33. The van der Waals surface area contributed by atoms with E-state index in [1.807, 2.05) is 24.3 Å². The number of thiocarbonyl (C=S) groups is 1. The van der Waals surface area contributed by atoms with Gasteiger partial charge in [-0.25, -0.2) is 0 Å². The lowest BCUT2D eigenvalue weighted by Crippen LogP contribution is -2.44. The molecule has 0 saturated heterocycles. The van der Waals surface area contributed by atoms with Gasteiger partial charge >= 0.3 is 0 Å². The molecule has 0 aliphatic heterocycles. The van der Waals surface area contributed by atoms with Crippen molar-refractivity contribution in [1.82, 2.24) is 5.32 Å². The lowest BCUT2D eigenvalue weighted by atomic mass is 10.0. The van der Waals surface area contributed by atoms with Crippen LogP contribution in [-0.2, 0) is 0 Å². The fourth-order valence-electron chi connectivity index (χ4n) is 3.43. The Bertz CT molecular complexity index is 895. The van der Waals surface area contributed by atoms with Gasteiger partial charge in [0.1, 0.15) is 5.75 Å². The molecule has 0 heterocycles. The molecule has 162 valence electrons. The molecule has 0 saturated carbocycles. The first-order chi connectivity index (χ1) is 15.1. The van der Waals surface area contributed by atoms with Gasteiger partial charge in [0.15, 0.2) is 5.11 Å². The first-order valence-corrected chi connectivity index (χ1v) is 12.6. The molecule has 0 bridgehead atoms. The molecule has 3 aromatic carbocycles. The number of hydrogen-bond acceptors (Lipinski definition) is 2. The molecule has 0 aliphatic rings. The summed E-state index contributed by atoms with van der Waals surface area (Å²) in [5, 5.41) is 10.4. The molecule has 3 nitrogen and oxygen atoms in total. The predicted octanol–water partition coefficient (Wildman–Crippen LogP) is 5.53. The van der Waals surface area contributed by atoms with E-state index in [0.717, 1.165) is 24.0 Å². The van der Waals surface area contributed by atoms with Crippen molar-refractivity contribution in [3.63, 3.8) is 0 Å². The average Bonchev–Trinajstić information content (AvgIpc) is 2.82. The van der Waals surface area contributed by atoms with Crippen LogP contribution in [0.25, 0.3) is 0 Å². The minimum atomic E-state index is -0.491. The summed E-state index contributed by atoms with van der Waals surface area (Å²) < 4.78 is 5.24. The lowest BCUT2D eigenvalue weighted by molar-refractivity contribution is 0.415. The molecule has 3 aromatic rings. The molecule has 0 radical (unpaired) electrons. The van der Waals surface area contributed by atoms with Gasteiger partial charge in [-0.15, -0.1) is 0 Å². The summed E-state index contributed by atoms with van der Waals surface area (Å²) in [4.78, 5) is 0. The normalized spacial score (nSPS) is 12.8. The predicted molar refractivity (Wildman–Crippen MR) is 140 cm³/mol. The monoisotopic (exact) mass is 450 g/mol. The highest BCUT2D eigenvalue weighted by Crippen LogP contribution is 2.36. The molecule has 31 heavy (non-hydrogen) atoms. The van der Waals surface area contributed by atoms with Crippen LogP contribution in [0.15, 0.2) is 84.9 Å². The molecule has 0 aliphatic carbocycles. The van der Waals surface area contributed by atoms with Gasteiger partial charge in [0.05, 0.1) is 7.11 Å². The van der Waals surface area contributed by atoms with Crippen LogP contribution in [0.3, 0.4) is 0 Å². The van der Waals surface area contributed by atoms with Crippen molar-refractivity contribution in [2.75, 3.05) is 18.6 Å². The highest BCUT2D eigenvalue weighted by molar-refractivity contribution is 7.80. The summed E-state index contributed by atoms with van der Waals surface area (Å²) in [6, 6.07) is 29.8. The smallest absolute Gasteiger partial charge is 0.171 e. The van der Waals surface area contributed by atoms with E-state index in [4.69, 9.17) is 17.0 Å². The molecular weight excluding hydrogens is 419 g/mol. The van der Waals surface area contributed by atoms with Gasteiger partial charge in [-0.3, -0.25) is 0 Å². The molecular formula is C26H31N2OPS. The largest absolute Gasteiger partial charge is 0.497 e. The summed E-state index contributed by atoms with van der Waals surface area (Å²) >= 11 is 5.68. The van der Waals surface area contributed by atoms with Crippen molar-refractivity contribution in [2.24, 2.45) is 5.92 Å². The highest BCUT2D eigenvalue weighted by Gasteiger charge is 2.24. The zero-order valence-corrected chi connectivity index (χ0v) is 20.1. The minimum Gasteiger partial charge on any atom is -0.497 e. The van der Waals surface area contributed by atoms with Crippen LogP contribution in [0.4, 0.5) is 5.69 Å². The maximum Gasteiger partial charge on any atom is 0.171 e. The molecule has 3 rings (SSSR count). The fraction of sp³-hybridized carbons (Fsp3) is 0.269. The van der Waals surface area contributed by atoms with Crippen LogP contribution in [0, 0.1) is 5.92 Å². The number of rotatable bonds is 9. The zero-order chi connectivity index (χ0) is 22.1. The Balaban J connectivity index is 1.77. The van der Waals surface area contributed by atoms with Gasteiger partial charge in [-0.05, 0) is 67.1 Å². The molecule has 0 amide bonds. The van der Waals surface area contributed by atoms with Crippen molar-refractivity contribution >= 4 is 41.5 Å². The average molecular weight is 451 g/mol. The van der Waals surface area contributed by atoms with Crippen molar-refractivity contribution < 1.29 is 4.74 Å². The van der Waals surface area contributed by atoms with E-state index in [1.54, 1.807) is 7.11 Å². The first-order valence-electron chi connectivity index (χ1n) is 10.7. The summed E-state index contributed by atoms with van der Waals surface area (Å²) in [5.74, 6) is 1.33. The van der Waals surface area contributed by atoms with Crippen molar-refractivity contribution in [2.45, 2.75) is 26.3 Å². The second-order valence-corrected chi connectivity index (χ2v) is 10.3. The Morgan fingerprint density at radius 2 is 1.45 bits per heavy atom. The summed E-state index contributed by atoms with van der Waals surface area (Å²) in [7, 11) is 1.18. The quantitative estimate of drug-likeness (QED) is 0.332. The molecule has 0 aromatic heterocycles. The number of ether oxygens (including phenoxy) is 1. The van der Waals surface area contributed by atoms with Gasteiger partial charge in [0.2, 0.25) is 0 Å². The van der Waals surface area contributed by atoms with Crippen molar-refractivity contribution in [3.05, 3.63) is 84.9 Å². The number of nitrogens with one attached hydrogen (secondary N) is 2. The molecule has 5 heteroatoms. The minimum absolute atomic E-state index is 0.273. The second-order valence-electron chi connectivity index (χ2n) is 7.60. The maximum absolute atomic E-state index is 5.68. The SMILES string of the molecule is CC[C@H](C)[C@@H](CP(c1ccccc1)c1ccccc1)NC(=S)Nc1ccc(OC)cc1. The molecule has 0 fully saturated rings. The molecule has 0 unspecified atom stereocenters. The van der Waals surface area contributed by atoms with Gasteiger partial charge < -0.3 is 15.4 Å². The van der Waals surface area contributed by atoms with Crippen molar-refractivity contribution in [3.8, 4) is 5.75 Å². The Morgan fingerprint density at radius 1 is 0.903 bits per heavy atom. The third-order valence-corrected chi connectivity index (χ3v) is 8.33. The van der Waals surface area contributed by atoms with Crippen molar-refractivity contribution in [1.29, 1.82) is 0 Å². The van der Waals surface area contributed by atoms with Gasteiger partial charge in [-0.1, -0.05) is 80.9 Å². The Hall–Kier alpha value is -2.42. The topological polar surface area (TPSA) is 33.3 Å².